The molecule has 1 saturated heterocycles. The van der Waals surface area contributed by atoms with Gasteiger partial charge in [-0.1, -0.05) is 0 Å². The summed E-state index contributed by atoms with van der Waals surface area (Å²) in [6, 6.07) is 0. The van der Waals surface area contributed by atoms with Crippen LogP contribution in [0, 0.1) is 0 Å². The second kappa shape index (κ2) is 3.65. The largest absolute Gasteiger partial charge is 0.394 e. The van der Waals surface area contributed by atoms with Crippen molar-refractivity contribution in [3.63, 3.8) is 0 Å². The molecule has 1 rings (SSSR count). The zero-order valence-electron chi connectivity index (χ0n) is 6.37. The summed E-state index contributed by atoms with van der Waals surface area (Å²) in [6.07, 6.45) is -5.99. The molecule has 0 saturated carbocycles. The van der Waals surface area contributed by atoms with Crippen LogP contribution < -0.4 is 5.73 Å². The molecular weight excluding hydrogens is 166 g/mol. The summed E-state index contributed by atoms with van der Waals surface area (Å²) in [7, 11) is 0. The molecule has 6 heteroatoms. The first-order chi connectivity index (χ1) is 5.57. The summed E-state index contributed by atoms with van der Waals surface area (Å²) in [5.74, 6) is 0. The summed E-state index contributed by atoms with van der Waals surface area (Å²) in [4.78, 5) is 0. The van der Waals surface area contributed by atoms with Crippen molar-refractivity contribution in [3.05, 3.63) is 0 Å². The minimum Gasteiger partial charge on any atom is -0.394 e. The second-order valence-corrected chi connectivity index (χ2v) is 2.79. The van der Waals surface area contributed by atoms with E-state index in [0.29, 0.717) is 0 Å². The van der Waals surface area contributed by atoms with Crippen LogP contribution in [0.25, 0.3) is 0 Å². The predicted octanol–water partition coefficient (Wildman–Crippen LogP) is -3.25. The smallest absolute Gasteiger partial charge is 0.135 e. The van der Waals surface area contributed by atoms with E-state index >= 15 is 0 Å². The Bertz CT molecular complexity index is 150. The van der Waals surface area contributed by atoms with Gasteiger partial charge in [0.1, 0.15) is 30.6 Å². The maximum atomic E-state index is 9.18. The van der Waals surface area contributed by atoms with Crippen LogP contribution in [0.2, 0.25) is 0 Å². The third-order valence-corrected chi connectivity index (χ3v) is 1.93. The lowest BCUT2D eigenvalue weighted by Gasteiger charge is -2.38. The fourth-order valence-electron chi connectivity index (χ4n) is 1.13. The first-order valence-electron chi connectivity index (χ1n) is 3.64. The molecule has 0 amide bonds. The molecule has 0 radical (unpaired) electrons. The molecule has 5 atom stereocenters. The Labute approximate surface area is 69.2 Å². The van der Waals surface area contributed by atoms with Crippen molar-refractivity contribution in [2.45, 2.75) is 30.6 Å². The minimum absolute atomic E-state index is 0.446. The number of hydrogen-bond acceptors (Lipinski definition) is 6. The van der Waals surface area contributed by atoms with E-state index < -0.39 is 37.3 Å². The number of aliphatic hydroxyl groups is 4. The van der Waals surface area contributed by atoms with Gasteiger partial charge in [-0.15, -0.1) is 0 Å². The van der Waals surface area contributed by atoms with Gasteiger partial charge < -0.3 is 30.9 Å². The van der Waals surface area contributed by atoms with Crippen LogP contribution in [-0.2, 0) is 4.74 Å². The quantitative estimate of drug-likeness (QED) is 0.288. The Kier molecular flexibility index (Phi) is 2.99. The van der Waals surface area contributed by atoms with Crippen molar-refractivity contribution < 1.29 is 25.2 Å². The zero-order chi connectivity index (χ0) is 9.30. The Hall–Kier alpha value is -0.240. The molecule has 0 aromatic heterocycles. The summed E-state index contributed by atoms with van der Waals surface area (Å²) < 4.78 is 4.80. The van der Waals surface area contributed by atoms with Gasteiger partial charge in [0.2, 0.25) is 0 Å². The van der Waals surface area contributed by atoms with E-state index in [9.17, 15) is 5.11 Å². The number of hydrogen-bond donors (Lipinski definition) is 5. The van der Waals surface area contributed by atoms with Crippen LogP contribution in [0.5, 0.6) is 0 Å². The van der Waals surface area contributed by atoms with Crippen molar-refractivity contribution in [3.8, 4) is 0 Å². The Morgan fingerprint density at radius 1 is 1.08 bits per heavy atom. The summed E-state index contributed by atoms with van der Waals surface area (Å²) in [5, 5.41) is 36.1. The number of ether oxygens (including phenoxy) is 1. The van der Waals surface area contributed by atoms with Gasteiger partial charge >= 0.3 is 0 Å². The highest BCUT2D eigenvalue weighted by Crippen LogP contribution is 2.17. The molecule has 0 aliphatic carbocycles. The molecule has 2 unspecified atom stereocenters. The standard InChI is InChI=1S/C6H13NO5/c7-6-5(11)4(10)3(9)2(1-8)12-6/h2-6,8-11H,1,7H2/t2?,3-,4?,5+,6-/m0/s1. The fraction of sp³-hybridized carbons (Fsp3) is 1.00. The normalized spacial score (nSPS) is 49.2. The van der Waals surface area contributed by atoms with Crippen LogP contribution >= 0.6 is 0 Å². The van der Waals surface area contributed by atoms with Crippen LogP contribution in [0.3, 0.4) is 0 Å². The number of nitrogens with two attached hydrogens (primary N) is 1. The van der Waals surface area contributed by atoms with Gasteiger partial charge in [-0.25, -0.2) is 0 Å². The maximum absolute atomic E-state index is 9.18. The number of aliphatic hydroxyl groups excluding tert-OH is 4. The fourth-order valence-corrected chi connectivity index (χ4v) is 1.13. The molecule has 0 aromatic rings. The molecule has 1 fully saturated rings. The van der Waals surface area contributed by atoms with Crippen LogP contribution in [-0.4, -0.2) is 57.7 Å². The van der Waals surface area contributed by atoms with Crippen LogP contribution in [0.1, 0.15) is 0 Å². The molecule has 72 valence electrons. The SMILES string of the molecule is N[C@H]1OC(CO)[C@H](O)C(O)[C@H]1O. The highest BCUT2D eigenvalue weighted by Gasteiger charge is 2.41. The van der Waals surface area contributed by atoms with Crippen LogP contribution in [0.4, 0.5) is 0 Å². The molecule has 1 aliphatic heterocycles. The van der Waals surface area contributed by atoms with Crippen molar-refractivity contribution >= 4 is 0 Å². The van der Waals surface area contributed by atoms with E-state index in [2.05, 4.69) is 0 Å². The van der Waals surface area contributed by atoms with Crippen molar-refractivity contribution in [2.75, 3.05) is 6.61 Å². The zero-order valence-corrected chi connectivity index (χ0v) is 6.37. The van der Waals surface area contributed by atoms with Gasteiger partial charge in [0.05, 0.1) is 6.61 Å². The van der Waals surface area contributed by atoms with Gasteiger partial charge in [-0.2, -0.15) is 0 Å². The average Bonchev–Trinajstić information content (AvgIpc) is 2.08. The first-order valence-corrected chi connectivity index (χ1v) is 3.64. The molecule has 6 N–H and O–H groups in total. The molecule has 1 aliphatic rings. The molecule has 1 heterocycles. The van der Waals surface area contributed by atoms with Crippen molar-refractivity contribution in [2.24, 2.45) is 5.73 Å². The number of rotatable bonds is 1. The van der Waals surface area contributed by atoms with Gasteiger partial charge in [-0.3, -0.25) is 0 Å². The van der Waals surface area contributed by atoms with E-state index in [1.807, 2.05) is 0 Å². The molecule has 6 nitrogen and oxygen atoms in total. The van der Waals surface area contributed by atoms with E-state index in [4.69, 9.17) is 25.8 Å². The molecule has 0 spiro atoms. The molecule has 0 aromatic carbocycles. The lowest BCUT2D eigenvalue weighted by Crippen LogP contribution is -2.61. The van der Waals surface area contributed by atoms with Crippen molar-refractivity contribution in [1.29, 1.82) is 0 Å². The lowest BCUT2D eigenvalue weighted by molar-refractivity contribution is -0.227. The third kappa shape index (κ3) is 1.58. The molecular formula is C6H13NO5. The predicted molar refractivity (Wildman–Crippen MR) is 38.0 cm³/mol. The van der Waals surface area contributed by atoms with E-state index in [0.717, 1.165) is 0 Å². The molecule has 12 heavy (non-hydrogen) atoms. The van der Waals surface area contributed by atoms with Gasteiger partial charge in [-0.05, 0) is 0 Å². The van der Waals surface area contributed by atoms with Gasteiger partial charge in [0.25, 0.3) is 0 Å². The summed E-state index contributed by atoms with van der Waals surface area (Å²) in [6.45, 7) is -0.446. The van der Waals surface area contributed by atoms with E-state index in [1.54, 1.807) is 0 Å². The van der Waals surface area contributed by atoms with E-state index in [1.165, 1.54) is 0 Å². The molecule has 0 bridgehead atoms. The maximum Gasteiger partial charge on any atom is 0.135 e. The Balaban J connectivity index is 2.63. The lowest BCUT2D eigenvalue weighted by atomic mass is 9.99. The topological polar surface area (TPSA) is 116 Å². The van der Waals surface area contributed by atoms with Crippen LogP contribution in [0.15, 0.2) is 0 Å². The summed E-state index contributed by atoms with van der Waals surface area (Å²) in [5.41, 5.74) is 5.24. The Morgan fingerprint density at radius 3 is 2.17 bits per heavy atom. The highest BCUT2D eigenvalue weighted by atomic mass is 16.6. The first kappa shape index (κ1) is 9.85. The van der Waals surface area contributed by atoms with Crippen molar-refractivity contribution in [1.82, 2.24) is 0 Å². The Morgan fingerprint density at radius 2 is 1.67 bits per heavy atom. The second-order valence-electron chi connectivity index (χ2n) is 2.79. The monoisotopic (exact) mass is 179 g/mol. The third-order valence-electron chi connectivity index (χ3n) is 1.93. The highest BCUT2D eigenvalue weighted by molar-refractivity contribution is 4.89. The summed E-state index contributed by atoms with van der Waals surface area (Å²) >= 11 is 0. The van der Waals surface area contributed by atoms with Gasteiger partial charge in [0, 0.05) is 0 Å². The van der Waals surface area contributed by atoms with E-state index in [-0.39, 0.29) is 0 Å². The average molecular weight is 179 g/mol. The minimum atomic E-state index is -1.37. The van der Waals surface area contributed by atoms with Gasteiger partial charge in [0.15, 0.2) is 0 Å².